The van der Waals surface area contributed by atoms with Gasteiger partial charge in [0.05, 0.1) is 5.56 Å². The minimum Gasteiger partial charge on any atom is -0.508 e. The maximum absolute atomic E-state index is 12.4. The molecular formula is C13H18N2O2S. The maximum Gasteiger partial charge on any atom is 0.256 e. The predicted octanol–water partition coefficient (Wildman–Crippen LogP) is 1.94. The number of aromatic hydroxyl groups is 1. The number of phenolic OH excluding ortho intramolecular Hbond substituents is 1. The van der Waals surface area contributed by atoms with Gasteiger partial charge in [-0.2, -0.15) is 11.8 Å². The lowest BCUT2D eigenvalue weighted by Gasteiger charge is -2.37. The standard InChI is InChI=1S/C13H18N2O2S/c1-13(2)8-15(5-6-18-13)12(17)10-7-9(16)3-4-11(10)14/h3-4,7,16H,5-6,8,14H2,1-2H3. The van der Waals surface area contributed by atoms with E-state index in [9.17, 15) is 9.90 Å². The van der Waals surface area contributed by atoms with Crippen molar-refractivity contribution in [2.24, 2.45) is 0 Å². The lowest BCUT2D eigenvalue weighted by Crippen LogP contribution is -2.46. The molecule has 0 aromatic heterocycles. The van der Waals surface area contributed by atoms with Crippen LogP contribution in [0.1, 0.15) is 24.2 Å². The SMILES string of the molecule is CC1(C)CN(C(=O)c2cc(O)ccc2N)CCS1. The van der Waals surface area contributed by atoms with Gasteiger partial charge in [0.15, 0.2) is 0 Å². The number of hydrogen-bond acceptors (Lipinski definition) is 4. The van der Waals surface area contributed by atoms with Crippen LogP contribution in [0.2, 0.25) is 0 Å². The van der Waals surface area contributed by atoms with Crippen LogP contribution in [-0.2, 0) is 0 Å². The first-order valence-electron chi connectivity index (χ1n) is 5.91. The predicted molar refractivity (Wildman–Crippen MR) is 75.0 cm³/mol. The Kier molecular flexibility index (Phi) is 3.43. The second kappa shape index (κ2) is 4.72. The average Bonchev–Trinajstić information content (AvgIpc) is 2.30. The monoisotopic (exact) mass is 266 g/mol. The average molecular weight is 266 g/mol. The van der Waals surface area contributed by atoms with Gasteiger partial charge in [0.25, 0.3) is 5.91 Å². The number of carbonyl (C=O) groups excluding carboxylic acids is 1. The zero-order valence-corrected chi connectivity index (χ0v) is 11.5. The highest BCUT2D eigenvalue weighted by Crippen LogP contribution is 2.31. The number of nitrogens with two attached hydrogens (primary N) is 1. The van der Waals surface area contributed by atoms with Crippen LogP contribution >= 0.6 is 11.8 Å². The van der Waals surface area contributed by atoms with Crippen molar-refractivity contribution in [2.75, 3.05) is 24.6 Å². The van der Waals surface area contributed by atoms with Crippen molar-refractivity contribution in [3.05, 3.63) is 23.8 Å². The first-order valence-corrected chi connectivity index (χ1v) is 6.89. The van der Waals surface area contributed by atoms with E-state index in [1.165, 1.54) is 12.1 Å². The quantitative estimate of drug-likeness (QED) is 0.602. The molecule has 0 spiro atoms. The number of nitrogen functional groups attached to an aromatic ring is 1. The van der Waals surface area contributed by atoms with E-state index in [4.69, 9.17) is 5.73 Å². The first-order chi connectivity index (χ1) is 8.39. The Morgan fingerprint density at radius 1 is 1.50 bits per heavy atom. The molecule has 18 heavy (non-hydrogen) atoms. The lowest BCUT2D eigenvalue weighted by atomic mass is 10.1. The van der Waals surface area contributed by atoms with Gasteiger partial charge in [0.2, 0.25) is 0 Å². The van der Waals surface area contributed by atoms with Crippen LogP contribution in [0, 0.1) is 0 Å². The molecule has 0 radical (unpaired) electrons. The summed E-state index contributed by atoms with van der Waals surface area (Å²) >= 11 is 1.87. The number of hydrogen-bond donors (Lipinski definition) is 2. The van der Waals surface area contributed by atoms with Gasteiger partial charge in [-0.05, 0) is 32.0 Å². The van der Waals surface area contributed by atoms with Crippen LogP contribution in [0.4, 0.5) is 5.69 Å². The number of thioether (sulfide) groups is 1. The van der Waals surface area contributed by atoms with Gasteiger partial charge in [-0.15, -0.1) is 0 Å². The third kappa shape index (κ3) is 2.72. The number of phenols is 1. The Morgan fingerprint density at radius 3 is 2.89 bits per heavy atom. The number of rotatable bonds is 1. The molecule has 4 nitrogen and oxygen atoms in total. The number of benzene rings is 1. The Bertz CT molecular complexity index is 474. The summed E-state index contributed by atoms with van der Waals surface area (Å²) in [6.07, 6.45) is 0. The number of carbonyl (C=O) groups is 1. The minimum absolute atomic E-state index is 0.0678. The lowest BCUT2D eigenvalue weighted by molar-refractivity contribution is 0.0748. The maximum atomic E-state index is 12.4. The highest BCUT2D eigenvalue weighted by atomic mass is 32.2. The number of nitrogens with zero attached hydrogens (tertiary/aromatic N) is 1. The van der Waals surface area contributed by atoms with E-state index in [2.05, 4.69) is 13.8 Å². The molecule has 1 aliphatic rings. The summed E-state index contributed by atoms with van der Waals surface area (Å²) in [4.78, 5) is 14.2. The normalized spacial score (nSPS) is 18.7. The van der Waals surface area contributed by atoms with Gasteiger partial charge in [0.1, 0.15) is 5.75 Å². The second-order valence-electron chi connectivity index (χ2n) is 5.11. The molecule has 1 aromatic rings. The van der Waals surface area contributed by atoms with E-state index in [1.54, 1.807) is 6.07 Å². The number of anilines is 1. The fourth-order valence-electron chi connectivity index (χ4n) is 2.09. The molecule has 1 aliphatic heterocycles. The highest BCUT2D eigenvalue weighted by molar-refractivity contribution is 8.00. The third-order valence-corrected chi connectivity index (χ3v) is 4.28. The third-order valence-electron chi connectivity index (χ3n) is 2.98. The van der Waals surface area contributed by atoms with E-state index < -0.39 is 0 Å². The molecule has 0 saturated carbocycles. The molecule has 3 N–H and O–H groups in total. The van der Waals surface area contributed by atoms with Crippen LogP contribution in [0.25, 0.3) is 0 Å². The molecular weight excluding hydrogens is 248 g/mol. The van der Waals surface area contributed by atoms with E-state index in [1.807, 2.05) is 16.7 Å². The van der Waals surface area contributed by atoms with E-state index >= 15 is 0 Å². The molecule has 1 aromatic carbocycles. The van der Waals surface area contributed by atoms with Crippen molar-refractivity contribution in [1.29, 1.82) is 0 Å². The molecule has 0 bridgehead atoms. The van der Waals surface area contributed by atoms with Crippen molar-refractivity contribution in [3.63, 3.8) is 0 Å². The minimum atomic E-state index is -0.100. The molecule has 5 heteroatoms. The van der Waals surface area contributed by atoms with Gasteiger partial charge in [-0.25, -0.2) is 0 Å². The summed E-state index contributed by atoms with van der Waals surface area (Å²) in [5, 5.41) is 9.46. The second-order valence-corrected chi connectivity index (χ2v) is 6.91. The summed E-state index contributed by atoms with van der Waals surface area (Å²) in [6, 6.07) is 4.49. The zero-order valence-electron chi connectivity index (χ0n) is 10.6. The molecule has 2 rings (SSSR count). The van der Waals surface area contributed by atoms with Crippen molar-refractivity contribution in [1.82, 2.24) is 4.90 Å². The van der Waals surface area contributed by atoms with Gasteiger partial charge < -0.3 is 15.7 Å². The molecule has 0 aliphatic carbocycles. The van der Waals surface area contributed by atoms with E-state index in [0.717, 1.165) is 12.3 Å². The van der Waals surface area contributed by atoms with Gasteiger partial charge in [-0.1, -0.05) is 0 Å². The Balaban J connectivity index is 2.23. The van der Waals surface area contributed by atoms with Gasteiger partial charge in [0, 0.05) is 29.3 Å². The molecule has 0 atom stereocenters. The van der Waals surface area contributed by atoms with Crippen LogP contribution in [0.15, 0.2) is 18.2 Å². The topological polar surface area (TPSA) is 66.6 Å². The molecule has 1 saturated heterocycles. The summed E-state index contributed by atoms with van der Waals surface area (Å²) in [5.74, 6) is 0.896. The Hall–Kier alpha value is -1.36. The largest absolute Gasteiger partial charge is 0.508 e. The fraction of sp³-hybridized carbons (Fsp3) is 0.462. The van der Waals surface area contributed by atoms with Gasteiger partial charge >= 0.3 is 0 Å². The van der Waals surface area contributed by atoms with Crippen molar-refractivity contribution in [2.45, 2.75) is 18.6 Å². The summed E-state index contributed by atoms with van der Waals surface area (Å²) in [5.41, 5.74) is 6.60. The zero-order chi connectivity index (χ0) is 13.3. The van der Waals surface area contributed by atoms with E-state index in [-0.39, 0.29) is 16.4 Å². The Morgan fingerprint density at radius 2 is 2.22 bits per heavy atom. The summed E-state index contributed by atoms with van der Waals surface area (Å²) < 4.78 is 0.0689. The molecule has 0 unspecified atom stereocenters. The van der Waals surface area contributed by atoms with Gasteiger partial charge in [-0.3, -0.25) is 4.79 Å². The smallest absolute Gasteiger partial charge is 0.256 e. The van der Waals surface area contributed by atoms with Crippen LogP contribution < -0.4 is 5.73 Å². The van der Waals surface area contributed by atoms with Crippen molar-refractivity contribution in [3.8, 4) is 5.75 Å². The van der Waals surface area contributed by atoms with Crippen molar-refractivity contribution < 1.29 is 9.90 Å². The van der Waals surface area contributed by atoms with Crippen LogP contribution in [-0.4, -0.2) is 39.5 Å². The van der Waals surface area contributed by atoms with Crippen molar-refractivity contribution >= 4 is 23.4 Å². The molecule has 1 amide bonds. The molecule has 1 fully saturated rings. The molecule has 98 valence electrons. The highest BCUT2D eigenvalue weighted by Gasteiger charge is 2.30. The van der Waals surface area contributed by atoms with Crippen LogP contribution in [0.3, 0.4) is 0 Å². The summed E-state index contributed by atoms with van der Waals surface area (Å²) in [6.45, 7) is 5.68. The number of amides is 1. The molecule has 1 heterocycles. The van der Waals surface area contributed by atoms with Crippen LogP contribution in [0.5, 0.6) is 5.75 Å². The fourth-order valence-corrected chi connectivity index (χ4v) is 3.20. The first kappa shape index (κ1) is 13.1. The van der Waals surface area contributed by atoms with E-state index in [0.29, 0.717) is 17.8 Å². The Labute approximate surface area is 111 Å². The summed E-state index contributed by atoms with van der Waals surface area (Å²) in [7, 11) is 0.